The van der Waals surface area contributed by atoms with Crippen LogP contribution in [0.4, 0.5) is 5.69 Å². The van der Waals surface area contributed by atoms with Crippen molar-refractivity contribution in [2.45, 2.75) is 46.1 Å². The van der Waals surface area contributed by atoms with Gasteiger partial charge in [0.15, 0.2) is 0 Å². The fraction of sp³-hybridized carbons (Fsp3) is 0.471. The molecule has 0 aliphatic heterocycles. The van der Waals surface area contributed by atoms with Crippen LogP contribution < -0.4 is 10.6 Å². The van der Waals surface area contributed by atoms with Gasteiger partial charge in [-0.15, -0.1) is 0 Å². The van der Waals surface area contributed by atoms with Crippen molar-refractivity contribution >= 4 is 23.5 Å². The van der Waals surface area contributed by atoms with E-state index in [1.807, 2.05) is 32.0 Å². The summed E-state index contributed by atoms with van der Waals surface area (Å²) >= 11 is 0. The van der Waals surface area contributed by atoms with Crippen molar-refractivity contribution in [2.75, 3.05) is 5.32 Å². The van der Waals surface area contributed by atoms with Gasteiger partial charge in [0.05, 0.1) is 0 Å². The number of rotatable bonds is 8. The molecule has 0 fully saturated rings. The Bertz CT molecular complexity index is 571. The molecule has 23 heavy (non-hydrogen) atoms. The minimum absolute atomic E-state index is 0.00657. The number of hydrogen-bond donors (Lipinski definition) is 3. The number of hydrogen-bond acceptors (Lipinski definition) is 3. The van der Waals surface area contributed by atoms with Crippen molar-refractivity contribution in [3.8, 4) is 0 Å². The summed E-state index contributed by atoms with van der Waals surface area (Å²) in [6, 6.07) is 6.44. The van der Waals surface area contributed by atoms with Crippen LogP contribution in [0.5, 0.6) is 0 Å². The van der Waals surface area contributed by atoms with E-state index in [4.69, 9.17) is 5.11 Å². The molecule has 6 nitrogen and oxygen atoms in total. The Balaban J connectivity index is 2.45. The summed E-state index contributed by atoms with van der Waals surface area (Å²) in [6.45, 7) is 5.55. The van der Waals surface area contributed by atoms with Gasteiger partial charge in [0.2, 0.25) is 11.8 Å². The molecule has 1 rings (SSSR count). The van der Waals surface area contributed by atoms with Gasteiger partial charge in [0.1, 0.15) is 6.04 Å². The first-order valence-corrected chi connectivity index (χ1v) is 7.72. The summed E-state index contributed by atoms with van der Waals surface area (Å²) in [4.78, 5) is 34.8. The Morgan fingerprint density at radius 2 is 1.83 bits per heavy atom. The predicted octanol–water partition coefficient (Wildman–Crippen LogP) is 2.33. The highest BCUT2D eigenvalue weighted by molar-refractivity contribution is 5.93. The Morgan fingerprint density at radius 3 is 2.39 bits per heavy atom. The first kappa shape index (κ1) is 18.7. The molecule has 0 aromatic heterocycles. The first-order valence-electron chi connectivity index (χ1n) is 7.72. The molecule has 0 aliphatic rings. The molecule has 1 aromatic carbocycles. The fourth-order valence-electron chi connectivity index (χ4n) is 2.10. The van der Waals surface area contributed by atoms with Crippen LogP contribution in [-0.2, 0) is 14.4 Å². The molecule has 1 aromatic rings. The Labute approximate surface area is 136 Å². The second-order valence-electron chi connectivity index (χ2n) is 5.69. The van der Waals surface area contributed by atoms with E-state index in [1.54, 1.807) is 13.0 Å². The van der Waals surface area contributed by atoms with Gasteiger partial charge in [0.25, 0.3) is 0 Å². The Kier molecular flexibility index (Phi) is 7.25. The van der Waals surface area contributed by atoms with E-state index < -0.39 is 17.9 Å². The molecule has 126 valence electrons. The summed E-state index contributed by atoms with van der Waals surface area (Å²) in [5, 5.41) is 14.3. The lowest BCUT2D eigenvalue weighted by molar-refractivity contribution is -0.143. The summed E-state index contributed by atoms with van der Waals surface area (Å²) in [5.74, 6) is -1.94. The summed E-state index contributed by atoms with van der Waals surface area (Å²) < 4.78 is 0. The number of amides is 2. The van der Waals surface area contributed by atoms with Gasteiger partial charge in [-0.3, -0.25) is 9.59 Å². The van der Waals surface area contributed by atoms with E-state index >= 15 is 0 Å². The van der Waals surface area contributed by atoms with Crippen LogP contribution in [0.15, 0.2) is 24.3 Å². The average Bonchev–Trinajstić information content (AvgIpc) is 2.49. The molecule has 0 saturated carbocycles. The zero-order valence-electron chi connectivity index (χ0n) is 13.8. The molecule has 0 bridgehead atoms. The van der Waals surface area contributed by atoms with Crippen LogP contribution in [-0.4, -0.2) is 28.9 Å². The van der Waals surface area contributed by atoms with Gasteiger partial charge < -0.3 is 15.7 Å². The van der Waals surface area contributed by atoms with Crippen molar-refractivity contribution in [1.29, 1.82) is 0 Å². The number of aryl methyl sites for hydroxylation is 1. The maximum Gasteiger partial charge on any atom is 0.326 e. The number of carboxylic acid groups (broad SMARTS) is 1. The highest BCUT2D eigenvalue weighted by Crippen LogP contribution is 2.11. The highest BCUT2D eigenvalue weighted by atomic mass is 16.4. The van der Waals surface area contributed by atoms with Crippen molar-refractivity contribution in [1.82, 2.24) is 5.32 Å². The van der Waals surface area contributed by atoms with Crippen LogP contribution >= 0.6 is 0 Å². The van der Waals surface area contributed by atoms with Crippen molar-refractivity contribution in [3.05, 3.63) is 29.8 Å². The van der Waals surface area contributed by atoms with Gasteiger partial charge in [-0.25, -0.2) is 4.79 Å². The Morgan fingerprint density at radius 1 is 1.17 bits per heavy atom. The minimum atomic E-state index is -1.06. The summed E-state index contributed by atoms with van der Waals surface area (Å²) in [7, 11) is 0. The number of carbonyl (C=O) groups is 3. The van der Waals surface area contributed by atoms with E-state index in [0.29, 0.717) is 12.1 Å². The molecule has 0 heterocycles. The van der Waals surface area contributed by atoms with E-state index in [0.717, 1.165) is 5.56 Å². The molecule has 3 N–H and O–H groups in total. The molecule has 6 heteroatoms. The minimum Gasteiger partial charge on any atom is -0.480 e. The number of anilines is 1. The fourth-order valence-corrected chi connectivity index (χ4v) is 2.10. The summed E-state index contributed by atoms with van der Waals surface area (Å²) in [5.41, 5.74) is 1.71. The molecule has 0 aliphatic carbocycles. The Hall–Kier alpha value is -2.37. The van der Waals surface area contributed by atoms with Crippen LogP contribution in [0, 0.1) is 12.8 Å². The topological polar surface area (TPSA) is 95.5 Å². The molecule has 0 spiro atoms. The molecule has 2 amide bonds. The van der Waals surface area contributed by atoms with Gasteiger partial charge in [-0.1, -0.05) is 32.4 Å². The molecule has 0 saturated heterocycles. The quantitative estimate of drug-likeness (QED) is 0.685. The monoisotopic (exact) mass is 320 g/mol. The third kappa shape index (κ3) is 6.50. The first-order chi connectivity index (χ1) is 10.8. The van der Waals surface area contributed by atoms with E-state index in [1.165, 1.54) is 0 Å². The molecular weight excluding hydrogens is 296 g/mol. The van der Waals surface area contributed by atoms with E-state index in [-0.39, 0.29) is 24.7 Å². The lowest BCUT2D eigenvalue weighted by Crippen LogP contribution is -2.45. The maximum atomic E-state index is 11.8. The van der Waals surface area contributed by atoms with Gasteiger partial charge in [-0.2, -0.15) is 0 Å². The second kappa shape index (κ2) is 8.92. The zero-order chi connectivity index (χ0) is 17.4. The number of carboxylic acids is 1. The van der Waals surface area contributed by atoms with Gasteiger partial charge >= 0.3 is 5.97 Å². The van der Waals surface area contributed by atoms with Gasteiger partial charge in [-0.05, 0) is 30.5 Å². The van der Waals surface area contributed by atoms with E-state index in [2.05, 4.69) is 10.6 Å². The van der Waals surface area contributed by atoms with Crippen LogP contribution in [0.3, 0.4) is 0 Å². The van der Waals surface area contributed by atoms with E-state index in [9.17, 15) is 14.4 Å². The lowest BCUT2D eigenvalue weighted by Gasteiger charge is -2.20. The number of carbonyl (C=O) groups excluding carboxylic acids is 2. The molecule has 0 radical (unpaired) electrons. The highest BCUT2D eigenvalue weighted by Gasteiger charge is 2.25. The number of aliphatic carboxylic acids is 1. The lowest BCUT2D eigenvalue weighted by atomic mass is 9.99. The van der Waals surface area contributed by atoms with Crippen molar-refractivity contribution in [3.63, 3.8) is 0 Å². The maximum absolute atomic E-state index is 11.8. The van der Waals surface area contributed by atoms with Crippen LogP contribution in [0.1, 0.15) is 38.7 Å². The summed E-state index contributed by atoms with van der Waals surface area (Å²) in [6.07, 6.45) is 0.607. The SMILES string of the molecule is CCC(C)C(NC(=O)CCC(=O)Nc1cccc(C)c1)C(=O)O. The standard InChI is InChI=1S/C17H24N2O4/c1-4-12(3)16(17(22)23)19-15(21)9-8-14(20)18-13-7-5-6-11(2)10-13/h5-7,10,12,16H,4,8-9H2,1-3H3,(H,18,20)(H,19,21)(H,22,23). The molecular formula is C17H24N2O4. The van der Waals surface area contributed by atoms with Crippen LogP contribution in [0.25, 0.3) is 0 Å². The smallest absolute Gasteiger partial charge is 0.326 e. The third-order valence-corrected chi connectivity index (χ3v) is 3.68. The molecule has 2 unspecified atom stereocenters. The largest absolute Gasteiger partial charge is 0.480 e. The van der Waals surface area contributed by atoms with Crippen LogP contribution in [0.2, 0.25) is 0 Å². The predicted molar refractivity (Wildman–Crippen MR) is 88.1 cm³/mol. The normalized spacial score (nSPS) is 13.0. The number of benzene rings is 1. The van der Waals surface area contributed by atoms with Crippen molar-refractivity contribution in [2.24, 2.45) is 5.92 Å². The molecule has 2 atom stereocenters. The second-order valence-corrected chi connectivity index (χ2v) is 5.69. The zero-order valence-corrected chi connectivity index (χ0v) is 13.8. The number of nitrogens with one attached hydrogen (secondary N) is 2. The van der Waals surface area contributed by atoms with Gasteiger partial charge in [0, 0.05) is 18.5 Å². The average molecular weight is 320 g/mol. The van der Waals surface area contributed by atoms with Crippen molar-refractivity contribution < 1.29 is 19.5 Å². The third-order valence-electron chi connectivity index (χ3n) is 3.68.